The Morgan fingerprint density at radius 2 is 1.96 bits per heavy atom. The lowest BCUT2D eigenvalue weighted by Gasteiger charge is -2.08. The fourth-order valence-electron chi connectivity index (χ4n) is 2.18. The second-order valence-electron chi connectivity index (χ2n) is 5.15. The highest BCUT2D eigenvalue weighted by Gasteiger charge is 2.31. The first-order chi connectivity index (χ1) is 12.4. The van der Waals surface area contributed by atoms with Gasteiger partial charge < -0.3 is 0 Å². The Bertz CT molecular complexity index is 987. The van der Waals surface area contributed by atoms with Crippen molar-refractivity contribution in [1.29, 1.82) is 5.26 Å². The molecular formula is C17H9ClF3N5. The lowest BCUT2D eigenvalue weighted by atomic mass is 10.1. The summed E-state index contributed by atoms with van der Waals surface area (Å²) in [6, 6.07) is 9.65. The fourth-order valence-corrected chi connectivity index (χ4v) is 2.44. The van der Waals surface area contributed by atoms with E-state index in [-0.39, 0.29) is 16.3 Å². The molecule has 9 heteroatoms. The van der Waals surface area contributed by atoms with Gasteiger partial charge in [-0.25, -0.2) is 9.67 Å². The minimum Gasteiger partial charge on any atom is -0.253 e. The van der Waals surface area contributed by atoms with Crippen molar-refractivity contribution in [2.45, 2.75) is 6.18 Å². The van der Waals surface area contributed by atoms with E-state index in [1.54, 1.807) is 28.9 Å². The normalized spacial score (nSPS) is 12.0. The van der Waals surface area contributed by atoms with Crippen molar-refractivity contribution in [3.63, 3.8) is 0 Å². The standard InChI is InChI=1S/C17H9ClF3N5/c18-15-6-13(17(19,20)21)8-24-16(15)12(7-22)5-11-1-3-14(4-2-11)26-10-23-9-25-26/h1-6,8-10H/b12-5-. The van der Waals surface area contributed by atoms with Gasteiger partial charge in [-0.1, -0.05) is 23.7 Å². The second kappa shape index (κ2) is 6.98. The molecule has 0 spiro atoms. The first kappa shape index (κ1) is 17.6. The summed E-state index contributed by atoms with van der Waals surface area (Å²) in [5, 5.41) is 13.1. The summed E-state index contributed by atoms with van der Waals surface area (Å²) in [4.78, 5) is 7.56. The predicted molar refractivity (Wildman–Crippen MR) is 89.1 cm³/mol. The summed E-state index contributed by atoms with van der Waals surface area (Å²) in [7, 11) is 0. The smallest absolute Gasteiger partial charge is 0.253 e. The van der Waals surface area contributed by atoms with Gasteiger partial charge in [-0.05, 0) is 29.8 Å². The molecule has 0 radical (unpaired) electrons. The SMILES string of the molecule is N#C/C(=C/c1ccc(-n2cncn2)cc1)c1ncc(C(F)(F)F)cc1Cl. The summed E-state index contributed by atoms with van der Waals surface area (Å²) < 4.78 is 39.6. The lowest BCUT2D eigenvalue weighted by Crippen LogP contribution is -2.06. The van der Waals surface area contributed by atoms with Gasteiger partial charge in [0.05, 0.1) is 27.5 Å². The average molecular weight is 376 g/mol. The molecule has 26 heavy (non-hydrogen) atoms. The van der Waals surface area contributed by atoms with E-state index in [0.717, 1.165) is 11.8 Å². The van der Waals surface area contributed by atoms with Crippen LogP contribution in [-0.4, -0.2) is 19.7 Å². The molecule has 0 aliphatic rings. The van der Waals surface area contributed by atoms with Gasteiger partial charge >= 0.3 is 6.18 Å². The van der Waals surface area contributed by atoms with Crippen LogP contribution in [0.15, 0.2) is 49.2 Å². The largest absolute Gasteiger partial charge is 0.417 e. The first-order valence-corrected chi connectivity index (χ1v) is 7.56. The topological polar surface area (TPSA) is 67.4 Å². The zero-order valence-corrected chi connectivity index (χ0v) is 13.7. The van der Waals surface area contributed by atoms with Crippen LogP contribution in [0.5, 0.6) is 0 Å². The van der Waals surface area contributed by atoms with Crippen LogP contribution >= 0.6 is 11.6 Å². The van der Waals surface area contributed by atoms with Gasteiger partial charge in [-0.15, -0.1) is 0 Å². The highest BCUT2D eigenvalue weighted by atomic mass is 35.5. The Hall–Kier alpha value is -3.18. The molecule has 0 atom stereocenters. The van der Waals surface area contributed by atoms with Gasteiger partial charge in [0.1, 0.15) is 18.7 Å². The average Bonchev–Trinajstić information content (AvgIpc) is 3.14. The van der Waals surface area contributed by atoms with E-state index in [1.165, 1.54) is 18.7 Å². The van der Waals surface area contributed by atoms with Gasteiger partial charge in [0.15, 0.2) is 0 Å². The van der Waals surface area contributed by atoms with E-state index in [0.29, 0.717) is 11.8 Å². The Balaban J connectivity index is 1.93. The summed E-state index contributed by atoms with van der Waals surface area (Å²) in [6.07, 6.45) is 0.535. The van der Waals surface area contributed by atoms with E-state index in [2.05, 4.69) is 15.1 Å². The molecule has 5 nitrogen and oxygen atoms in total. The van der Waals surface area contributed by atoms with Crippen molar-refractivity contribution in [1.82, 2.24) is 19.7 Å². The summed E-state index contributed by atoms with van der Waals surface area (Å²) in [6.45, 7) is 0. The highest BCUT2D eigenvalue weighted by molar-refractivity contribution is 6.32. The third kappa shape index (κ3) is 3.73. The molecular weight excluding hydrogens is 367 g/mol. The number of nitriles is 1. The summed E-state index contributed by atoms with van der Waals surface area (Å²) in [5.74, 6) is 0. The van der Waals surface area contributed by atoms with E-state index in [4.69, 9.17) is 11.6 Å². The van der Waals surface area contributed by atoms with E-state index < -0.39 is 11.7 Å². The van der Waals surface area contributed by atoms with Crippen LogP contribution < -0.4 is 0 Å². The minimum atomic E-state index is -4.55. The number of pyridine rings is 1. The summed E-state index contributed by atoms with van der Waals surface area (Å²) >= 11 is 5.89. The zero-order chi connectivity index (χ0) is 18.7. The molecule has 0 aliphatic heterocycles. The molecule has 0 aliphatic carbocycles. The van der Waals surface area contributed by atoms with Crippen LogP contribution in [0, 0.1) is 11.3 Å². The molecule has 0 unspecified atom stereocenters. The molecule has 2 heterocycles. The number of aromatic nitrogens is 4. The number of hydrogen-bond donors (Lipinski definition) is 0. The van der Waals surface area contributed by atoms with Gasteiger partial charge in [0.2, 0.25) is 0 Å². The van der Waals surface area contributed by atoms with Crippen molar-refractivity contribution in [3.05, 3.63) is 71.0 Å². The van der Waals surface area contributed by atoms with Gasteiger partial charge in [-0.2, -0.15) is 23.5 Å². The third-order valence-corrected chi connectivity index (χ3v) is 3.72. The Labute approximate surface area is 151 Å². The van der Waals surface area contributed by atoms with Gasteiger partial charge in [0, 0.05) is 6.20 Å². The second-order valence-corrected chi connectivity index (χ2v) is 5.56. The highest BCUT2D eigenvalue weighted by Crippen LogP contribution is 2.33. The number of allylic oxidation sites excluding steroid dienone is 1. The third-order valence-electron chi connectivity index (χ3n) is 3.43. The van der Waals surface area contributed by atoms with E-state index >= 15 is 0 Å². The van der Waals surface area contributed by atoms with Gasteiger partial charge in [0.25, 0.3) is 0 Å². The molecule has 130 valence electrons. The fraction of sp³-hybridized carbons (Fsp3) is 0.0588. The van der Waals surface area contributed by atoms with Crippen molar-refractivity contribution >= 4 is 23.3 Å². The van der Waals surface area contributed by atoms with Crippen LogP contribution in [0.4, 0.5) is 13.2 Å². The Morgan fingerprint density at radius 1 is 1.23 bits per heavy atom. The van der Waals surface area contributed by atoms with Crippen molar-refractivity contribution in [2.75, 3.05) is 0 Å². The first-order valence-electron chi connectivity index (χ1n) is 7.18. The quantitative estimate of drug-likeness (QED) is 0.636. The molecule has 0 N–H and O–H groups in total. The number of halogens is 4. The number of hydrogen-bond acceptors (Lipinski definition) is 4. The van der Waals surface area contributed by atoms with Crippen LogP contribution in [0.25, 0.3) is 17.3 Å². The van der Waals surface area contributed by atoms with Crippen molar-refractivity contribution in [3.8, 4) is 11.8 Å². The molecule has 1 aromatic carbocycles. The number of rotatable bonds is 3. The Kier molecular flexibility index (Phi) is 4.73. The molecule has 0 saturated carbocycles. The zero-order valence-electron chi connectivity index (χ0n) is 12.9. The van der Waals surface area contributed by atoms with Crippen LogP contribution in [0.1, 0.15) is 16.8 Å². The van der Waals surface area contributed by atoms with Crippen molar-refractivity contribution < 1.29 is 13.2 Å². The van der Waals surface area contributed by atoms with E-state index in [1.807, 2.05) is 6.07 Å². The number of nitrogens with zero attached hydrogens (tertiary/aromatic N) is 5. The van der Waals surface area contributed by atoms with Crippen LogP contribution in [-0.2, 0) is 6.18 Å². The molecule has 0 fully saturated rings. The predicted octanol–water partition coefficient (Wildman–Crippen LogP) is 4.40. The van der Waals surface area contributed by atoms with Gasteiger partial charge in [-0.3, -0.25) is 4.98 Å². The van der Waals surface area contributed by atoms with Crippen LogP contribution in [0.2, 0.25) is 5.02 Å². The maximum Gasteiger partial charge on any atom is 0.417 e. The minimum absolute atomic E-state index is 0.0116. The van der Waals surface area contributed by atoms with E-state index in [9.17, 15) is 18.4 Å². The maximum absolute atomic E-state index is 12.7. The number of alkyl halides is 3. The summed E-state index contributed by atoms with van der Waals surface area (Å²) in [5.41, 5.74) is 0.493. The molecule has 0 bridgehead atoms. The molecule has 2 aromatic heterocycles. The monoisotopic (exact) mass is 375 g/mol. The Morgan fingerprint density at radius 3 is 2.50 bits per heavy atom. The molecule has 0 amide bonds. The molecule has 0 saturated heterocycles. The van der Waals surface area contributed by atoms with Crippen LogP contribution in [0.3, 0.4) is 0 Å². The lowest BCUT2D eigenvalue weighted by molar-refractivity contribution is -0.137. The van der Waals surface area contributed by atoms with Crippen molar-refractivity contribution in [2.24, 2.45) is 0 Å². The molecule has 3 aromatic rings. The molecule has 3 rings (SSSR count). The maximum atomic E-state index is 12.7. The number of benzene rings is 1.